The Bertz CT molecular complexity index is 1290. The molecule has 0 aliphatic heterocycles. The molecule has 4 aromatic rings. The summed E-state index contributed by atoms with van der Waals surface area (Å²) in [4.78, 5) is 12.9. The van der Waals surface area contributed by atoms with E-state index in [1.54, 1.807) is 0 Å². The van der Waals surface area contributed by atoms with Gasteiger partial charge in [0.25, 0.3) is 0 Å². The number of amides is 1. The zero-order valence-corrected chi connectivity index (χ0v) is 21.2. The van der Waals surface area contributed by atoms with Crippen LogP contribution in [0.3, 0.4) is 0 Å². The first-order chi connectivity index (χ1) is 16.2. The Labute approximate surface area is 209 Å². The summed E-state index contributed by atoms with van der Waals surface area (Å²) >= 11 is 7.46. The molecule has 0 saturated carbocycles. The summed E-state index contributed by atoms with van der Waals surface area (Å²) in [5.74, 6) is 0.825. The van der Waals surface area contributed by atoms with Crippen LogP contribution in [-0.4, -0.2) is 26.4 Å². The molecule has 34 heavy (non-hydrogen) atoms. The van der Waals surface area contributed by atoms with Gasteiger partial charge in [-0.15, -0.1) is 10.2 Å². The lowest BCUT2D eigenvalue weighted by molar-refractivity contribution is -0.113. The molecule has 174 valence electrons. The van der Waals surface area contributed by atoms with Crippen molar-refractivity contribution in [1.82, 2.24) is 14.8 Å². The minimum Gasteiger partial charge on any atom is -0.325 e. The molecule has 0 radical (unpaired) electrons. The molecule has 0 fully saturated rings. The van der Waals surface area contributed by atoms with Crippen LogP contribution >= 0.6 is 23.4 Å². The fourth-order valence-corrected chi connectivity index (χ4v) is 4.52. The molecule has 0 atom stereocenters. The third-order valence-corrected chi connectivity index (χ3v) is 6.55. The van der Waals surface area contributed by atoms with Gasteiger partial charge in [-0.25, -0.2) is 0 Å². The summed E-state index contributed by atoms with van der Waals surface area (Å²) in [5.41, 5.74) is 4.85. The number of halogens is 1. The van der Waals surface area contributed by atoms with Crippen molar-refractivity contribution in [3.05, 3.63) is 88.9 Å². The second-order valence-corrected chi connectivity index (χ2v) is 10.5. The Balaban J connectivity index is 1.60. The summed E-state index contributed by atoms with van der Waals surface area (Å²) in [5, 5.41) is 13.2. The quantitative estimate of drug-likeness (QED) is 0.298. The van der Waals surface area contributed by atoms with Gasteiger partial charge >= 0.3 is 0 Å². The SMILES string of the molecule is Cc1ccc(-c2nnc(SCC(=O)Nc3ccccc3C(C)(C)C)n2-c2ccc(Cl)cc2)cc1. The van der Waals surface area contributed by atoms with E-state index in [4.69, 9.17) is 11.6 Å². The van der Waals surface area contributed by atoms with Crippen molar-refractivity contribution in [2.75, 3.05) is 11.1 Å². The third-order valence-electron chi connectivity index (χ3n) is 5.37. The highest BCUT2D eigenvalue weighted by Gasteiger charge is 2.20. The van der Waals surface area contributed by atoms with Crippen molar-refractivity contribution >= 4 is 35.0 Å². The predicted octanol–water partition coefficient (Wildman–Crippen LogP) is 6.92. The molecule has 5 nitrogen and oxygen atoms in total. The summed E-state index contributed by atoms with van der Waals surface area (Å²) in [6, 6.07) is 23.6. The number of nitrogens with zero attached hydrogens (tertiary/aromatic N) is 3. The lowest BCUT2D eigenvalue weighted by atomic mass is 9.86. The first-order valence-electron chi connectivity index (χ1n) is 11.0. The molecule has 1 heterocycles. The maximum Gasteiger partial charge on any atom is 0.234 e. The molecule has 0 aliphatic rings. The summed E-state index contributed by atoms with van der Waals surface area (Å²) < 4.78 is 1.96. The van der Waals surface area contributed by atoms with E-state index in [-0.39, 0.29) is 17.1 Å². The van der Waals surface area contributed by atoms with Crippen molar-refractivity contribution in [2.45, 2.75) is 38.3 Å². The topological polar surface area (TPSA) is 59.8 Å². The van der Waals surface area contributed by atoms with E-state index in [9.17, 15) is 4.79 Å². The number of hydrogen-bond acceptors (Lipinski definition) is 4. The molecule has 0 spiro atoms. The lowest BCUT2D eigenvalue weighted by Crippen LogP contribution is -2.20. The average Bonchev–Trinajstić information content (AvgIpc) is 3.22. The van der Waals surface area contributed by atoms with Crippen molar-refractivity contribution < 1.29 is 4.79 Å². The molecule has 4 rings (SSSR count). The van der Waals surface area contributed by atoms with Crippen LogP contribution in [0.2, 0.25) is 5.02 Å². The number of aromatic nitrogens is 3. The first-order valence-corrected chi connectivity index (χ1v) is 12.4. The average molecular weight is 491 g/mol. The smallest absolute Gasteiger partial charge is 0.234 e. The van der Waals surface area contributed by atoms with Crippen molar-refractivity contribution in [2.24, 2.45) is 0 Å². The van der Waals surface area contributed by atoms with Crippen LogP contribution in [0.1, 0.15) is 31.9 Å². The fourth-order valence-electron chi connectivity index (χ4n) is 3.64. The number of rotatable bonds is 6. The number of thioether (sulfide) groups is 1. The van der Waals surface area contributed by atoms with Gasteiger partial charge in [0, 0.05) is 22.0 Å². The first kappa shape index (κ1) is 24.0. The zero-order valence-electron chi connectivity index (χ0n) is 19.7. The second kappa shape index (κ2) is 10.0. The summed E-state index contributed by atoms with van der Waals surface area (Å²) in [6.07, 6.45) is 0. The van der Waals surface area contributed by atoms with Gasteiger partial charge in [0.2, 0.25) is 5.91 Å². The number of carbonyl (C=O) groups is 1. The van der Waals surface area contributed by atoms with Gasteiger partial charge in [-0.3, -0.25) is 9.36 Å². The minimum absolute atomic E-state index is 0.0747. The molecule has 1 N–H and O–H groups in total. The number of aryl methyl sites for hydroxylation is 1. The molecule has 0 bridgehead atoms. The molecule has 0 aliphatic carbocycles. The number of nitrogens with one attached hydrogen (secondary N) is 1. The number of anilines is 1. The number of benzene rings is 3. The lowest BCUT2D eigenvalue weighted by Gasteiger charge is -2.23. The largest absolute Gasteiger partial charge is 0.325 e. The number of para-hydroxylation sites is 1. The van der Waals surface area contributed by atoms with E-state index in [2.05, 4.69) is 36.3 Å². The Morgan fingerprint density at radius 3 is 2.32 bits per heavy atom. The Kier molecular flexibility index (Phi) is 7.10. The van der Waals surface area contributed by atoms with Crippen LogP contribution in [0.4, 0.5) is 5.69 Å². The molecule has 7 heteroatoms. The van der Waals surface area contributed by atoms with Crippen molar-refractivity contribution in [3.63, 3.8) is 0 Å². The zero-order chi connectivity index (χ0) is 24.3. The van der Waals surface area contributed by atoms with Crippen LogP contribution in [0.25, 0.3) is 17.1 Å². The van der Waals surface area contributed by atoms with Gasteiger partial charge < -0.3 is 5.32 Å². The Hall–Kier alpha value is -3.09. The van der Waals surface area contributed by atoms with Gasteiger partial charge in [-0.05, 0) is 48.2 Å². The monoisotopic (exact) mass is 490 g/mol. The van der Waals surface area contributed by atoms with E-state index in [1.807, 2.05) is 84.3 Å². The highest BCUT2D eigenvalue weighted by atomic mass is 35.5. The molecular formula is C27H27ClN4OS. The van der Waals surface area contributed by atoms with Crippen LogP contribution in [0.15, 0.2) is 78.0 Å². The minimum atomic E-state index is -0.0933. The normalized spacial score (nSPS) is 11.4. The highest BCUT2D eigenvalue weighted by molar-refractivity contribution is 7.99. The van der Waals surface area contributed by atoms with E-state index >= 15 is 0 Å². The van der Waals surface area contributed by atoms with Crippen molar-refractivity contribution in [3.8, 4) is 17.1 Å². The maximum atomic E-state index is 12.9. The van der Waals surface area contributed by atoms with Crippen molar-refractivity contribution in [1.29, 1.82) is 0 Å². The Morgan fingerprint density at radius 1 is 0.971 bits per heavy atom. The fraction of sp³-hybridized carbons (Fsp3) is 0.222. The molecule has 1 aromatic heterocycles. The van der Waals surface area contributed by atoms with Crippen LogP contribution in [0.5, 0.6) is 0 Å². The highest BCUT2D eigenvalue weighted by Crippen LogP contribution is 2.31. The van der Waals surface area contributed by atoms with Gasteiger partial charge in [-0.2, -0.15) is 0 Å². The molecule has 1 amide bonds. The van der Waals surface area contributed by atoms with Gasteiger partial charge in [0.15, 0.2) is 11.0 Å². The maximum absolute atomic E-state index is 12.9. The standard InChI is InChI=1S/C27H27ClN4OS/c1-18-9-11-19(12-10-18)25-30-31-26(32(25)21-15-13-20(28)14-16-21)34-17-24(33)29-23-8-6-5-7-22(23)27(2,3)4/h5-16H,17H2,1-4H3,(H,29,33). The predicted molar refractivity (Wildman–Crippen MR) is 141 cm³/mol. The van der Waals surface area contributed by atoms with Crippen LogP contribution in [-0.2, 0) is 10.2 Å². The van der Waals surface area contributed by atoms with Crippen LogP contribution < -0.4 is 5.32 Å². The van der Waals surface area contributed by atoms with Gasteiger partial charge in [0.1, 0.15) is 0 Å². The van der Waals surface area contributed by atoms with Gasteiger partial charge in [0.05, 0.1) is 5.75 Å². The third kappa shape index (κ3) is 5.51. The second-order valence-electron chi connectivity index (χ2n) is 9.12. The Morgan fingerprint density at radius 2 is 1.65 bits per heavy atom. The molecule has 0 unspecified atom stereocenters. The molecule has 3 aromatic carbocycles. The van der Waals surface area contributed by atoms with Gasteiger partial charge in [-0.1, -0.05) is 92.2 Å². The van der Waals surface area contributed by atoms with E-state index in [0.29, 0.717) is 16.0 Å². The molecular weight excluding hydrogens is 464 g/mol. The number of carbonyl (C=O) groups excluding carboxylic acids is 1. The van der Waals surface area contributed by atoms with E-state index < -0.39 is 0 Å². The number of hydrogen-bond donors (Lipinski definition) is 1. The molecule has 0 saturated heterocycles. The summed E-state index contributed by atoms with van der Waals surface area (Å²) in [7, 11) is 0. The van der Waals surface area contributed by atoms with E-state index in [0.717, 1.165) is 22.5 Å². The van der Waals surface area contributed by atoms with Crippen LogP contribution in [0, 0.1) is 6.92 Å². The van der Waals surface area contributed by atoms with E-state index in [1.165, 1.54) is 17.3 Å². The summed E-state index contributed by atoms with van der Waals surface area (Å²) in [6.45, 7) is 8.45.